The lowest BCUT2D eigenvalue weighted by atomic mass is 10.0. The zero-order valence-corrected chi connectivity index (χ0v) is 15.6. The van der Waals surface area contributed by atoms with E-state index >= 15 is 0 Å². The van der Waals surface area contributed by atoms with Crippen LogP contribution in [0.3, 0.4) is 0 Å². The molecule has 140 valence electrons. The van der Waals surface area contributed by atoms with Gasteiger partial charge < -0.3 is 20.1 Å². The molecule has 0 aliphatic carbocycles. The van der Waals surface area contributed by atoms with Gasteiger partial charge in [0.15, 0.2) is 0 Å². The summed E-state index contributed by atoms with van der Waals surface area (Å²) in [6.45, 7) is 3.48. The van der Waals surface area contributed by atoms with E-state index in [4.69, 9.17) is 9.47 Å². The van der Waals surface area contributed by atoms with Crippen LogP contribution in [-0.2, 0) is 14.3 Å². The van der Waals surface area contributed by atoms with E-state index in [1.807, 2.05) is 6.92 Å². The van der Waals surface area contributed by atoms with Gasteiger partial charge in [-0.1, -0.05) is 6.92 Å². The van der Waals surface area contributed by atoms with Crippen molar-refractivity contribution >= 4 is 29.7 Å². The third kappa shape index (κ3) is 4.54. The van der Waals surface area contributed by atoms with E-state index in [-0.39, 0.29) is 24.5 Å². The molecule has 1 aromatic rings. The van der Waals surface area contributed by atoms with Gasteiger partial charge in [-0.05, 0) is 31.7 Å². The second kappa shape index (κ2) is 9.23. The minimum Gasteiger partial charge on any atom is -0.463 e. The highest BCUT2D eigenvalue weighted by atomic mass is 32.2. The van der Waals surface area contributed by atoms with E-state index in [9.17, 15) is 14.4 Å². The Bertz CT molecular complexity index is 735. The van der Waals surface area contributed by atoms with Crippen molar-refractivity contribution in [3.05, 3.63) is 35.2 Å². The number of hydrogen-bond donors (Lipinski definition) is 2. The van der Waals surface area contributed by atoms with Crippen LogP contribution in [0.5, 0.6) is 0 Å². The number of urea groups is 1. The summed E-state index contributed by atoms with van der Waals surface area (Å²) in [6, 6.07) is 2.29. The maximum Gasteiger partial charge on any atom is 0.341 e. The van der Waals surface area contributed by atoms with Crippen LogP contribution in [0, 0.1) is 0 Å². The molecule has 0 spiro atoms. The highest BCUT2D eigenvalue weighted by Gasteiger charge is 2.32. The van der Waals surface area contributed by atoms with Crippen molar-refractivity contribution in [1.82, 2.24) is 15.6 Å². The molecule has 26 heavy (non-hydrogen) atoms. The van der Waals surface area contributed by atoms with Crippen LogP contribution in [0.1, 0.15) is 30.6 Å². The monoisotopic (exact) mass is 379 g/mol. The second-order valence-corrected chi connectivity index (χ2v) is 6.10. The molecular formula is C17H21N3O5S. The van der Waals surface area contributed by atoms with Crippen LogP contribution >= 0.6 is 11.8 Å². The largest absolute Gasteiger partial charge is 0.463 e. The van der Waals surface area contributed by atoms with Crippen molar-refractivity contribution in [3.8, 4) is 0 Å². The van der Waals surface area contributed by atoms with E-state index in [2.05, 4.69) is 15.6 Å². The molecule has 0 saturated carbocycles. The number of thioether (sulfide) groups is 1. The molecular weight excluding hydrogens is 358 g/mol. The van der Waals surface area contributed by atoms with Gasteiger partial charge in [-0.3, -0.25) is 0 Å². The molecule has 0 fully saturated rings. The first-order valence-electron chi connectivity index (χ1n) is 8.15. The van der Waals surface area contributed by atoms with Gasteiger partial charge in [0.25, 0.3) is 0 Å². The van der Waals surface area contributed by atoms with Crippen molar-refractivity contribution in [3.63, 3.8) is 0 Å². The molecule has 2 N–H and O–H groups in total. The number of carbonyl (C=O) groups is 3. The summed E-state index contributed by atoms with van der Waals surface area (Å²) < 4.78 is 10.4. The molecule has 0 radical (unpaired) electrons. The Morgan fingerprint density at radius 2 is 2.04 bits per heavy atom. The van der Waals surface area contributed by atoms with Crippen LogP contribution in [0.2, 0.25) is 0 Å². The molecule has 2 rings (SSSR count). The van der Waals surface area contributed by atoms with Crippen molar-refractivity contribution in [1.29, 1.82) is 0 Å². The lowest BCUT2D eigenvalue weighted by molar-refractivity contribution is -0.139. The maximum atomic E-state index is 12.4. The van der Waals surface area contributed by atoms with E-state index in [0.717, 1.165) is 0 Å². The summed E-state index contributed by atoms with van der Waals surface area (Å²) in [5, 5.41) is 5.74. The lowest BCUT2D eigenvalue weighted by Gasteiger charge is -2.28. The number of nitrogens with one attached hydrogen (secondary N) is 2. The van der Waals surface area contributed by atoms with Gasteiger partial charge in [0.05, 0.1) is 29.5 Å². The summed E-state index contributed by atoms with van der Waals surface area (Å²) in [7, 11) is 0. The Labute approximate surface area is 155 Å². The highest BCUT2D eigenvalue weighted by molar-refractivity contribution is 7.98. The third-order valence-corrected chi connectivity index (χ3v) is 4.39. The molecule has 9 heteroatoms. The van der Waals surface area contributed by atoms with Gasteiger partial charge in [-0.2, -0.15) is 0 Å². The van der Waals surface area contributed by atoms with Crippen LogP contribution < -0.4 is 10.6 Å². The smallest absolute Gasteiger partial charge is 0.341 e. The van der Waals surface area contributed by atoms with E-state index < -0.39 is 24.0 Å². The van der Waals surface area contributed by atoms with Gasteiger partial charge in [-0.25, -0.2) is 19.4 Å². The fourth-order valence-corrected chi connectivity index (χ4v) is 3.04. The molecule has 8 nitrogen and oxygen atoms in total. The third-order valence-electron chi connectivity index (χ3n) is 3.68. The Balaban J connectivity index is 2.23. The minimum atomic E-state index is -0.584. The Hall–Kier alpha value is -2.55. The first-order chi connectivity index (χ1) is 12.5. The van der Waals surface area contributed by atoms with Crippen molar-refractivity contribution in [2.24, 2.45) is 0 Å². The summed E-state index contributed by atoms with van der Waals surface area (Å²) >= 11 is 1.32. The van der Waals surface area contributed by atoms with Crippen molar-refractivity contribution in [2.45, 2.75) is 31.3 Å². The van der Waals surface area contributed by atoms with Gasteiger partial charge in [-0.15, -0.1) is 11.8 Å². The fourth-order valence-electron chi connectivity index (χ4n) is 2.50. The van der Waals surface area contributed by atoms with Crippen LogP contribution in [0.25, 0.3) is 0 Å². The predicted octanol–water partition coefficient (Wildman–Crippen LogP) is 1.87. The molecule has 1 aliphatic rings. The Morgan fingerprint density at radius 1 is 1.27 bits per heavy atom. The lowest BCUT2D eigenvalue weighted by Crippen LogP contribution is -2.51. The van der Waals surface area contributed by atoms with Crippen LogP contribution in [0.15, 0.2) is 34.6 Å². The van der Waals surface area contributed by atoms with Crippen molar-refractivity contribution < 1.29 is 23.9 Å². The molecule has 1 atom stereocenters. The number of aromatic nitrogens is 1. The molecule has 1 aliphatic heterocycles. The summed E-state index contributed by atoms with van der Waals surface area (Å²) in [4.78, 5) is 40.6. The molecule has 0 aromatic carbocycles. The Kier molecular flexibility index (Phi) is 7.02. The first-order valence-corrected chi connectivity index (χ1v) is 9.38. The number of rotatable bonds is 7. The number of nitrogens with zero attached hydrogens (tertiary/aromatic N) is 1. The highest BCUT2D eigenvalue weighted by Crippen LogP contribution is 2.20. The summed E-state index contributed by atoms with van der Waals surface area (Å²) in [5.74, 6) is -1.14. The number of pyridine rings is 1. The quantitative estimate of drug-likeness (QED) is 0.550. The van der Waals surface area contributed by atoms with E-state index in [1.54, 1.807) is 31.5 Å². The molecule has 2 heterocycles. The van der Waals surface area contributed by atoms with Gasteiger partial charge in [0, 0.05) is 6.20 Å². The molecule has 1 aromatic heterocycles. The Morgan fingerprint density at radius 3 is 2.69 bits per heavy atom. The van der Waals surface area contributed by atoms with Crippen LogP contribution in [0.4, 0.5) is 4.79 Å². The first kappa shape index (κ1) is 19.8. The average Bonchev–Trinajstić information content (AvgIpc) is 2.65. The number of amides is 2. The van der Waals surface area contributed by atoms with E-state index in [1.165, 1.54) is 11.8 Å². The normalized spacial score (nSPS) is 16.6. The van der Waals surface area contributed by atoms with Crippen molar-refractivity contribution in [2.75, 3.05) is 19.5 Å². The standard InChI is InChI=1S/C17H21N3O5S/c1-4-11-13(16(22)24-5-2)12(20-17(23)19-11)9-25-15(21)10-7-6-8-18-14(10)26-3/h6-8,11H,4-5,9H2,1-3H3,(H2,19,20,23)/t11-/m0/s1. The van der Waals surface area contributed by atoms with Gasteiger partial charge in [0.2, 0.25) is 0 Å². The molecule has 2 amide bonds. The second-order valence-electron chi connectivity index (χ2n) is 5.31. The minimum absolute atomic E-state index is 0.201. The molecule has 0 bridgehead atoms. The molecule has 0 unspecified atom stereocenters. The summed E-state index contributed by atoms with van der Waals surface area (Å²) in [5.41, 5.74) is 0.811. The van der Waals surface area contributed by atoms with Crippen LogP contribution in [-0.4, -0.2) is 48.5 Å². The zero-order chi connectivity index (χ0) is 19.1. The number of carbonyl (C=O) groups excluding carboxylic acids is 3. The zero-order valence-electron chi connectivity index (χ0n) is 14.8. The SMILES string of the molecule is CCOC(=O)C1=C(COC(=O)c2cccnc2SC)NC(=O)N[C@H]1CC. The number of esters is 2. The summed E-state index contributed by atoms with van der Waals surface area (Å²) in [6.07, 6.45) is 3.89. The van der Waals surface area contributed by atoms with Gasteiger partial charge >= 0.3 is 18.0 Å². The molecule has 0 saturated heterocycles. The number of hydrogen-bond acceptors (Lipinski definition) is 7. The fraction of sp³-hybridized carbons (Fsp3) is 0.412. The van der Waals surface area contributed by atoms with Gasteiger partial charge in [0.1, 0.15) is 11.6 Å². The maximum absolute atomic E-state index is 12.4. The topological polar surface area (TPSA) is 107 Å². The average molecular weight is 379 g/mol. The number of ether oxygens (including phenoxy) is 2. The van der Waals surface area contributed by atoms with E-state index in [0.29, 0.717) is 17.0 Å². The predicted molar refractivity (Wildman–Crippen MR) is 95.7 cm³/mol.